The summed E-state index contributed by atoms with van der Waals surface area (Å²) in [5, 5.41) is 7.22. The van der Waals surface area contributed by atoms with Crippen molar-refractivity contribution >= 4 is 23.2 Å². The number of hydrogen-bond donors (Lipinski definition) is 1. The van der Waals surface area contributed by atoms with E-state index in [1.54, 1.807) is 4.68 Å². The lowest BCUT2D eigenvalue weighted by atomic mass is 10.1. The predicted octanol–water partition coefficient (Wildman–Crippen LogP) is 1.14. The van der Waals surface area contributed by atoms with Crippen molar-refractivity contribution in [2.45, 2.75) is 19.0 Å². The Hall–Kier alpha value is -0.320. The van der Waals surface area contributed by atoms with Crippen LogP contribution in [-0.2, 0) is 13.6 Å². The molecule has 80 valence electrons. The largest absolute Gasteiger partial charge is 0.302 e. The van der Waals surface area contributed by atoms with E-state index in [9.17, 15) is 0 Å². The number of hydrogen-bond acceptors (Lipinski definition) is 3. The first-order chi connectivity index (χ1) is 6.61. The summed E-state index contributed by atoms with van der Waals surface area (Å²) in [5.41, 5.74) is -0.255. The maximum atomic E-state index is 5.80. The first-order valence-electron chi connectivity index (χ1n) is 4.31. The maximum Gasteiger partial charge on any atom is 0.140 e. The highest BCUT2D eigenvalue weighted by atomic mass is 35.5. The molecule has 0 unspecified atom stereocenters. The van der Waals surface area contributed by atoms with Crippen LogP contribution in [0.2, 0.25) is 0 Å². The van der Waals surface area contributed by atoms with Crippen molar-refractivity contribution in [3.8, 4) is 0 Å². The van der Waals surface area contributed by atoms with Gasteiger partial charge in [0.05, 0.1) is 6.54 Å². The van der Waals surface area contributed by atoms with Crippen LogP contribution < -0.4 is 5.32 Å². The van der Waals surface area contributed by atoms with Crippen LogP contribution in [0.4, 0.5) is 0 Å². The Morgan fingerprint density at radius 3 is 2.57 bits per heavy atom. The Morgan fingerprint density at radius 1 is 1.50 bits per heavy atom. The van der Waals surface area contributed by atoms with Crippen molar-refractivity contribution in [2.24, 2.45) is 7.05 Å². The van der Waals surface area contributed by atoms with Crippen molar-refractivity contribution in [1.29, 1.82) is 0 Å². The summed E-state index contributed by atoms with van der Waals surface area (Å²) >= 11 is 11.6. The molecule has 1 aromatic heterocycles. The zero-order valence-electron chi connectivity index (χ0n) is 8.30. The van der Waals surface area contributed by atoms with Gasteiger partial charge in [-0.2, -0.15) is 5.10 Å². The van der Waals surface area contributed by atoms with Gasteiger partial charge >= 0.3 is 0 Å². The van der Waals surface area contributed by atoms with Crippen molar-refractivity contribution in [3.05, 3.63) is 12.2 Å². The molecule has 0 radical (unpaired) electrons. The van der Waals surface area contributed by atoms with Gasteiger partial charge in [-0.15, -0.1) is 23.2 Å². The van der Waals surface area contributed by atoms with Crippen molar-refractivity contribution in [1.82, 2.24) is 20.1 Å². The summed E-state index contributed by atoms with van der Waals surface area (Å²) < 4.78 is 1.72. The van der Waals surface area contributed by atoms with Crippen LogP contribution in [0.15, 0.2) is 6.33 Å². The van der Waals surface area contributed by atoms with Gasteiger partial charge < -0.3 is 5.32 Å². The molecule has 14 heavy (non-hydrogen) atoms. The maximum absolute atomic E-state index is 5.80. The average molecular weight is 237 g/mol. The number of alkyl halides is 2. The third-order valence-electron chi connectivity index (χ3n) is 2.07. The lowest BCUT2D eigenvalue weighted by molar-refractivity contribution is 0.422. The van der Waals surface area contributed by atoms with Crippen LogP contribution in [0.5, 0.6) is 0 Å². The molecule has 0 aliphatic heterocycles. The van der Waals surface area contributed by atoms with E-state index in [1.165, 1.54) is 6.33 Å². The second kappa shape index (κ2) is 4.96. The minimum atomic E-state index is -0.255. The predicted molar refractivity (Wildman–Crippen MR) is 57.7 cm³/mol. The third-order valence-corrected chi connectivity index (χ3v) is 3.25. The molecular formula is C8H14Cl2N4. The van der Waals surface area contributed by atoms with E-state index in [4.69, 9.17) is 23.2 Å². The number of rotatable bonds is 5. The molecule has 1 heterocycles. The SMILES string of the molecule is Cn1ncnc1CNC(C)(CCl)CCl. The van der Waals surface area contributed by atoms with Gasteiger partial charge in [0, 0.05) is 24.3 Å². The Morgan fingerprint density at radius 2 is 2.14 bits per heavy atom. The van der Waals surface area contributed by atoms with E-state index >= 15 is 0 Å². The summed E-state index contributed by atoms with van der Waals surface area (Å²) in [4.78, 5) is 4.09. The monoisotopic (exact) mass is 236 g/mol. The molecule has 1 aromatic rings. The Balaban J connectivity index is 2.52. The van der Waals surface area contributed by atoms with Crippen LogP contribution in [-0.4, -0.2) is 32.1 Å². The molecule has 0 fully saturated rings. The van der Waals surface area contributed by atoms with E-state index in [-0.39, 0.29) is 5.54 Å². The van der Waals surface area contributed by atoms with Crippen LogP contribution >= 0.6 is 23.2 Å². The van der Waals surface area contributed by atoms with Crippen LogP contribution in [0.25, 0.3) is 0 Å². The summed E-state index contributed by atoms with van der Waals surface area (Å²) in [6.07, 6.45) is 1.52. The molecule has 0 saturated carbocycles. The summed E-state index contributed by atoms with van der Waals surface area (Å²) in [5.74, 6) is 1.80. The zero-order valence-corrected chi connectivity index (χ0v) is 9.81. The highest BCUT2D eigenvalue weighted by Crippen LogP contribution is 2.09. The van der Waals surface area contributed by atoms with Gasteiger partial charge in [0.15, 0.2) is 0 Å². The molecule has 1 rings (SSSR count). The number of halogens is 2. The van der Waals surface area contributed by atoms with Crippen molar-refractivity contribution in [2.75, 3.05) is 11.8 Å². The minimum absolute atomic E-state index is 0.255. The van der Waals surface area contributed by atoms with Crippen molar-refractivity contribution < 1.29 is 0 Å². The molecule has 0 amide bonds. The Kier molecular flexibility index (Phi) is 4.16. The molecule has 0 bridgehead atoms. The molecule has 4 nitrogen and oxygen atoms in total. The number of aromatic nitrogens is 3. The molecule has 0 atom stereocenters. The molecule has 0 saturated heterocycles. The number of nitrogens with one attached hydrogen (secondary N) is 1. The van der Waals surface area contributed by atoms with E-state index in [2.05, 4.69) is 15.4 Å². The van der Waals surface area contributed by atoms with Gasteiger partial charge in [-0.3, -0.25) is 4.68 Å². The summed E-state index contributed by atoms with van der Waals surface area (Å²) in [7, 11) is 1.85. The fourth-order valence-electron chi connectivity index (χ4n) is 0.903. The van der Waals surface area contributed by atoms with E-state index in [0.29, 0.717) is 18.3 Å². The van der Waals surface area contributed by atoms with E-state index in [1.807, 2.05) is 14.0 Å². The molecule has 0 spiro atoms. The molecule has 1 N–H and O–H groups in total. The smallest absolute Gasteiger partial charge is 0.140 e. The standard InChI is InChI=1S/C8H14Cl2N4/c1-8(4-9,5-10)12-3-7-11-6-13-14(7)2/h6,12H,3-5H2,1-2H3. The molecular weight excluding hydrogens is 223 g/mol. The van der Waals surface area contributed by atoms with Crippen LogP contribution in [0.1, 0.15) is 12.7 Å². The minimum Gasteiger partial charge on any atom is -0.302 e. The van der Waals surface area contributed by atoms with Gasteiger partial charge in [0.2, 0.25) is 0 Å². The topological polar surface area (TPSA) is 42.7 Å². The Labute approximate surface area is 93.6 Å². The fourth-order valence-corrected chi connectivity index (χ4v) is 1.38. The number of nitrogens with zero attached hydrogens (tertiary/aromatic N) is 3. The lowest BCUT2D eigenvalue weighted by Crippen LogP contribution is -2.45. The van der Waals surface area contributed by atoms with E-state index < -0.39 is 0 Å². The quantitative estimate of drug-likeness (QED) is 0.781. The molecule has 0 aliphatic carbocycles. The molecule has 0 aromatic carbocycles. The average Bonchev–Trinajstić information content (AvgIpc) is 2.61. The van der Waals surface area contributed by atoms with Gasteiger partial charge in [0.1, 0.15) is 12.2 Å². The first-order valence-corrected chi connectivity index (χ1v) is 5.38. The lowest BCUT2D eigenvalue weighted by Gasteiger charge is -2.25. The van der Waals surface area contributed by atoms with Gasteiger partial charge in [0.25, 0.3) is 0 Å². The summed E-state index contributed by atoms with van der Waals surface area (Å²) in [6, 6.07) is 0. The first kappa shape index (κ1) is 11.8. The summed E-state index contributed by atoms with van der Waals surface area (Å²) in [6.45, 7) is 2.59. The zero-order chi connectivity index (χ0) is 10.6. The van der Waals surface area contributed by atoms with Crippen molar-refractivity contribution in [3.63, 3.8) is 0 Å². The second-order valence-corrected chi connectivity index (χ2v) is 4.02. The second-order valence-electron chi connectivity index (χ2n) is 3.48. The normalized spacial score (nSPS) is 12.0. The number of aryl methyl sites for hydroxylation is 1. The van der Waals surface area contributed by atoms with Gasteiger partial charge in [-0.1, -0.05) is 0 Å². The highest BCUT2D eigenvalue weighted by Gasteiger charge is 2.21. The fraction of sp³-hybridized carbons (Fsp3) is 0.750. The molecule has 0 aliphatic rings. The van der Waals surface area contributed by atoms with E-state index in [0.717, 1.165) is 5.82 Å². The molecule has 6 heteroatoms. The highest BCUT2D eigenvalue weighted by molar-refractivity contribution is 6.22. The van der Waals surface area contributed by atoms with Crippen LogP contribution in [0, 0.1) is 0 Å². The van der Waals surface area contributed by atoms with Gasteiger partial charge in [-0.25, -0.2) is 4.98 Å². The van der Waals surface area contributed by atoms with Gasteiger partial charge in [-0.05, 0) is 6.92 Å². The van der Waals surface area contributed by atoms with Crippen LogP contribution in [0.3, 0.4) is 0 Å². The Bertz CT molecular complexity index is 283. The third kappa shape index (κ3) is 2.83.